The zero-order valence-corrected chi connectivity index (χ0v) is 48.1. The van der Waals surface area contributed by atoms with E-state index in [4.69, 9.17) is 17.9 Å². The second kappa shape index (κ2) is 19.6. The van der Waals surface area contributed by atoms with Gasteiger partial charge in [0, 0.05) is 52.5 Å². The van der Waals surface area contributed by atoms with E-state index < -0.39 is 67.5 Å². The Morgan fingerprint density at radius 3 is 1.82 bits per heavy atom. The molecular weight excluding hydrogens is 1160 g/mol. The third-order valence-corrected chi connectivity index (χ3v) is 15.1. The molecule has 6 heteroatoms. The van der Waals surface area contributed by atoms with Gasteiger partial charge >= 0.3 is 0 Å². The van der Waals surface area contributed by atoms with Gasteiger partial charge in [-0.1, -0.05) is 195 Å². The molecule has 0 unspecified atom stereocenters. The minimum Gasteiger partial charge on any atom is -0.510 e. The number of ether oxygens (including phenoxy) is 1. The molecule has 0 saturated carbocycles. The third-order valence-electron chi connectivity index (χ3n) is 15.1. The number of aromatic nitrogens is 4. The van der Waals surface area contributed by atoms with Gasteiger partial charge in [0.1, 0.15) is 5.82 Å². The summed E-state index contributed by atoms with van der Waals surface area (Å²) in [6.07, 6.45) is 5.42. The van der Waals surface area contributed by atoms with Gasteiger partial charge in [0.25, 0.3) is 6.33 Å². The van der Waals surface area contributed by atoms with Gasteiger partial charge in [0.05, 0.1) is 27.7 Å². The van der Waals surface area contributed by atoms with Crippen LogP contribution in [0.3, 0.4) is 0 Å². The maximum Gasteiger partial charge on any atom is 0.268 e. The molecule has 0 aliphatic carbocycles. The van der Waals surface area contributed by atoms with E-state index in [-0.39, 0.29) is 104 Å². The van der Waals surface area contributed by atoms with Crippen LogP contribution in [0.15, 0.2) is 188 Å². The molecule has 0 N–H and O–H groups in total. The first-order valence-corrected chi connectivity index (χ1v) is 26.5. The first-order chi connectivity index (χ1) is 43.6. The normalized spacial score (nSPS) is 15.2. The van der Waals surface area contributed by atoms with Crippen molar-refractivity contribution < 1.29 is 49.6 Å². The Labute approximate surface area is 505 Å². The summed E-state index contributed by atoms with van der Waals surface area (Å²) in [6, 6.07) is 42.7. The summed E-state index contributed by atoms with van der Waals surface area (Å²) in [4.78, 5) is 4.86. The number of pyridine rings is 1. The minimum absolute atomic E-state index is 0. The van der Waals surface area contributed by atoms with Gasteiger partial charge in [0.2, 0.25) is 0 Å². The topological polar surface area (TPSA) is 35.9 Å². The van der Waals surface area contributed by atoms with Crippen LogP contribution in [0.4, 0.5) is 0 Å². The fourth-order valence-corrected chi connectivity index (χ4v) is 11.0. The molecule has 5 nitrogen and oxygen atoms in total. The molecule has 0 saturated heterocycles. The van der Waals surface area contributed by atoms with Gasteiger partial charge in [-0.05, 0) is 149 Å². The first-order valence-electron chi connectivity index (χ1n) is 33.5. The maximum absolute atomic E-state index is 10.1. The average Bonchev–Trinajstić information content (AvgIpc) is 1.45. The molecule has 398 valence electrons. The quantitative estimate of drug-likeness (QED) is 0.123. The molecule has 3 aromatic heterocycles. The van der Waals surface area contributed by atoms with Gasteiger partial charge in [-0.25, -0.2) is 4.98 Å². The van der Waals surface area contributed by atoms with Crippen molar-refractivity contribution in [2.75, 3.05) is 0 Å². The molecule has 9 aromatic carbocycles. The van der Waals surface area contributed by atoms with Crippen LogP contribution in [0.2, 0.25) is 0 Å². The van der Waals surface area contributed by atoms with Crippen LogP contribution in [0.1, 0.15) is 109 Å². The van der Waals surface area contributed by atoms with Crippen LogP contribution in [0.25, 0.3) is 106 Å². The van der Waals surface area contributed by atoms with Crippen LogP contribution in [-0.4, -0.2) is 14.1 Å². The number of para-hydroxylation sites is 1. The number of nitrogens with zero attached hydrogens (tertiary/aromatic N) is 4. The Balaban J connectivity index is 0.00000848. The zero-order chi connectivity index (χ0) is 66.7. The summed E-state index contributed by atoms with van der Waals surface area (Å²) in [6.45, 7) is 12.6. The molecule has 80 heavy (non-hydrogen) atoms. The Kier molecular flexibility index (Phi) is 9.43. The van der Waals surface area contributed by atoms with Crippen molar-refractivity contribution in [3.63, 3.8) is 0 Å². The largest absolute Gasteiger partial charge is 0.510 e. The molecular formula is C74H64N4OPt-2. The van der Waals surface area contributed by atoms with Crippen LogP contribution < -0.4 is 9.30 Å². The van der Waals surface area contributed by atoms with Crippen molar-refractivity contribution in [3.05, 3.63) is 234 Å². The zero-order valence-electron chi connectivity index (χ0n) is 59.8. The molecule has 0 fully saturated rings. The van der Waals surface area contributed by atoms with Crippen LogP contribution >= 0.6 is 0 Å². The van der Waals surface area contributed by atoms with Crippen molar-refractivity contribution in [2.45, 2.75) is 92.3 Å². The second-order valence-corrected chi connectivity index (χ2v) is 23.5. The van der Waals surface area contributed by atoms with Crippen molar-refractivity contribution >= 4 is 32.8 Å². The summed E-state index contributed by atoms with van der Waals surface area (Å²) in [7, 11) is 0. The molecule has 1 aliphatic heterocycles. The number of rotatable bonds is 6. The van der Waals surface area contributed by atoms with Gasteiger partial charge in [-0.3, -0.25) is 4.57 Å². The van der Waals surface area contributed by atoms with E-state index in [1.54, 1.807) is 45.5 Å². The summed E-state index contributed by atoms with van der Waals surface area (Å²) in [5.41, 5.74) is 4.07. The summed E-state index contributed by atoms with van der Waals surface area (Å²) in [5, 5.41) is 1.92. The van der Waals surface area contributed by atoms with Crippen LogP contribution in [-0.2, 0) is 37.3 Å². The first kappa shape index (κ1) is 38.5. The minimum atomic E-state index is -2.93. The smallest absolute Gasteiger partial charge is 0.268 e. The van der Waals surface area contributed by atoms with E-state index in [9.17, 15) is 11.0 Å². The van der Waals surface area contributed by atoms with E-state index in [1.165, 1.54) is 18.2 Å². The van der Waals surface area contributed by atoms with Crippen molar-refractivity contribution in [3.8, 4) is 84.3 Å². The molecule has 0 atom stereocenters. The molecule has 1 aliphatic rings. The Morgan fingerprint density at radius 1 is 0.525 bits per heavy atom. The number of fused-ring (bicyclic) bond motifs is 10. The van der Waals surface area contributed by atoms with Crippen LogP contribution in [0.5, 0.6) is 11.5 Å². The number of hydrogen-bond acceptors (Lipinski definition) is 2. The van der Waals surface area contributed by atoms with Crippen molar-refractivity contribution in [1.82, 2.24) is 14.1 Å². The Hall–Kier alpha value is -8.11. The van der Waals surface area contributed by atoms with Gasteiger partial charge < -0.3 is 13.9 Å². The number of imidazole rings is 1. The monoisotopic (exact) mass is 1230 g/mol. The average molecular weight is 1230 g/mol. The van der Waals surface area contributed by atoms with Gasteiger partial charge in [-0.2, -0.15) is 18.2 Å². The van der Waals surface area contributed by atoms with E-state index in [0.717, 1.165) is 32.9 Å². The van der Waals surface area contributed by atoms with Crippen molar-refractivity contribution in [2.24, 2.45) is 0 Å². The number of aryl methyl sites for hydroxylation is 2. The fraction of sp³-hybridized carbons (Fsp3) is 0.189. The van der Waals surface area contributed by atoms with Gasteiger partial charge in [0.15, 0.2) is 0 Å². The van der Waals surface area contributed by atoms with E-state index in [0.29, 0.717) is 39.5 Å². The van der Waals surface area contributed by atoms with Crippen LogP contribution in [0, 0.1) is 32.2 Å². The molecule has 0 spiro atoms. The predicted molar refractivity (Wildman–Crippen MR) is 326 cm³/mol. The standard InChI is InChI=1S/C74H64N4O.Pt/c1-46-20-18-21-47(2)69(46)64-41-52(74(9,10)11)40-63-59-27-15-13-25-57(59)56-24-12-14-26-58(56)62-38-49(48-30-32-50(33-31-48)72(3,4)5)39-67-71(62)77(70(63)64)45-76(67)53-22-19-23-54(43-53)79-55-34-35-61-60-28-16-17-29-65(60)78(66(61)44-55)68-42-51(36-37-75-68)73(6,7)8;/h12-42H,1-11H3;/q-2;/i1D3,2D3,12D,13D,14D,15D,24D,25D,26D,27D;. The van der Waals surface area contributed by atoms with Crippen molar-refractivity contribution in [1.29, 1.82) is 0 Å². The number of hydrogen-bond donors (Lipinski definition) is 0. The molecule has 12 aromatic rings. The molecule has 4 heterocycles. The summed E-state index contributed by atoms with van der Waals surface area (Å²) < 4.78 is 144. The van der Waals surface area contributed by atoms with Gasteiger partial charge in [-0.15, -0.1) is 29.7 Å². The van der Waals surface area contributed by atoms with E-state index in [1.807, 2.05) is 93.7 Å². The molecule has 0 amide bonds. The summed E-state index contributed by atoms with van der Waals surface area (Å²) in [5.74, 6) is 1.32. The third kappa shape index (κ3) is 9.01. The SMILES string of the molecule is [2H]c1c([2H])c([2H])c2c(c1[2H])-c1cc(C(C)(C)C)cc(-c3c(C([2H])([2H])[2H])cccc3C([2H])([2H])[2H])c1-[n+]1[c-]n(-c3[c-]c(Oc4[c-]c5c(cc4)c4ccccc4n5-c4cc(C(C)(C)C)ccn4)ccc3)c3cc(-c4ccc(C(C)(C)C)cc4)cc(c31)-c1c([2H])c([2H])c([2H])c([2H])c1-2.[Pt]. The molecule has 0 radical (unpaired) electrons. The Morgan fingerprint density at radius 2 is 1.15 bits per heavy atom. The Bertz CT molecular complexity index is 5110. The predicted octanol–water partition coefficient (Wildman–Crippen LogP) is 18.7. The molecule has 13 rings (SSSR count). The molecule has 0 bridgehead atoms. The van der Waals surface area contributed by atoms with E-state index in [2.05, 4.69) is 76.7 Å². The summed E-state index contributed by atoms with van der Waals surface area (Å²) >= 11 is 0. The maximum atomic E-state index is 10.1. The number of benzene rings is 9. The second-order valence-electron chi connectivity index (χ2n) is 23.5. The van der Waals surface area contributed by atoms with E-state index >= 15 is 0 Å². The fourth-order valence-electron chi connectivity index (χ4n) is 11.0.